The smallest absolute Gasteiger partial charge is 0.253 e. The van der Waals surface area contributed by atoms with E-state index in [-0.39, 0.29) is 11.3 Å². The monoisotopic (exact) mass is 252 g/mol. The van der Waals surface area contributed by atoms with Gasteiger partial charge in [0.15, 0.2) is 0 Å². The summed E-state index contributed by atoms with van der Waals surface area (Å²) in [5.74, 6) is 0.0460. The zero-order chi connectivity index (χ0) is 12.5. The van der Waals surface area contributed by atoms with E-state index in [1.165, 1.54) is 0 Å². The zero-order valence-electron chi connectivity index (χ0n) is 9.95. The highest BCUT2D eigenvalue weighted by Gasteiger charge is 2.35. The number of nitrogens with zero attached hydrogens (tertiary/aromatic N) is 1. The molecule has 0 radical (unpaired) electrons. The molecule has 1 unspecified atom stereocenters. The lowest BCUT2D eigenvalue weighted by Crippen LogP contribution is -2.34. The Morgan fingerprint density at radius 3 is 2.94 bits per heavy atom. The Kier molecular flexibility index (Phi) is 3.40. The molecule has 3 nitrogen and oxygen atoms in total. The van der Waals surface area contributed by atoms with Crippen LogP contribution < -0.4 is 5.73 Å². The van der Waals surface area contributed by atoms with E-state index in [9.17, 15) is 4.79 Å². The van der Waals surface area contributed by atoms with Crippen molar-refractivity contribution in [1.29, 1.82) is 0 Å². The molecular weight excluding hydrogens is 236 g/mol. The van der Waals surface area contributed by atoms with Gasteiger partial charge in [0, 0.05) is 23.7 Å². The maximum Gasteiger partial charge on any atom is 0.253 e. The fraction of sp³-hybridized carbons (Fsp3) is 0.462. The van der Waals surface area contributed by atoms with Gasteiger partial charge in [-0.15, -0.1) is 0 Å². The summed E-state index contributed by atoms with van der Waals surface area (Å²) in [4.78, 5) is 14.1. The van der Waals surface area contributed by atoms with E-state index in [1.807, 2.05) is 4.90 Å². The fourth-order valence-electron chi connectivity index (χ4n) is 2.17. The van der Waals surface area contributed by atoms with Crippen LogP contribution in [0.3, 0.4) is 0 Å². The van der Waals surface area contributed by atoms with Gasteiger partial charge < -0.3 is 10.6 Å². The number of carbonyl (C=O) groups excluding carboxylic acids is 1. The number of likely N-dealkylation sites (tertiary alicyclic amines) is 1. The first-order chi connectivity index (χ1) is 8.04. The molecule has 2 rings (SSSR count). The van der Waals surface area contributed by atoms with E-state index in [0.29, 0.717) is 17.1 Å². The molecule has 1 saturated heterocycles. The minimum absolute atomic E-state index is 0.0460. The number of rotatable bonds is 2. The summed E-state index contributed by atoms with van der Waals surface area (Å²) in [7, 11) is 0. The van der Waals surface area contributed by atoms with Gasteiger partial charge in [0.1, 0.15) is 0 Å². The number of hydrogen-bond donors (Lipinski definition) is 1. The maximum absolute atomic E-state index is 12.2. The van der Waals surface area contributed by atoms with Crippen LogP contribution in [0.15, 0.2) is 24.3 Å². The van der Waals surface area contributed by atoms with Crippen molar-refractivity contribution in [3.8, 4) is 0 Å². The average Bonchev–Trinajstić information content (AvgIpc) is 2.72. The second-order valence-electron chi connectivity index (χ2n) is 5.00. The van der Waals surface area contributed by atoms with E-state index >= 15 is 0 Å². The van der Waals surface area contributed by atoms with E-state index in [1.54, 1.807) is 24.3 Å². The normalized spacial score (nSPS) is 24.1. The molecule has 1 aromatic rings. The molecule has 1 heterocycles. The summed E-state index contributed by atoms with van der Waals surface area (Å²) in [6, 6.07) is 7.08. The number of hydrogen-bond acceptors (Lipinski definition) is 2. The highest BCUT2D eigenvalue weighted by Crippen LogP contribution is 2.29. The maximum atomic E-state index is 12.2. The highest BCUT2D eigenvalue weighted by atomic mass is 35.5. The van der Waals surface area contributed by atoms with Crippen molar-refractivity contribution in [2.45, 2.75) is 13.3 Å². The van der Waals surface area contributed by atoms with Crippen LogP contribution in [-0.2, 0) is 0 Å². The standard InChI is InChI=1S/C13H17ClN2O/c1-13(8-15)5-6-16(9-13)12(17)10-3-2-4-11(14)7-10/h2-4,7H,5-6,8-9,15H2,1H3. The average molecular weight is 253 g/mol. The molecule has 0 aromatic heterocycles. The Bertz CT molecular complexity index is 435. The van der Waals surface area contributed by atoms with Gasteiger partial charge in [-0.3, -0.25) is 4.79 Å². The third-order valence-electron chi connectivity index (χ3n) is 3.41. The van der Waals surface area contributed by atoms with Gasteiger partial charge in [-0.2, -0.15) is 0 Å². The Balaban J connectivity index is 2.12. The molecule has 1 amide bonds. The van der Waals surface area contributed by atoms with Crippen LogP contribution in [0.2, 0.25) is 5.02 Å². The van der Waals surface area contributed by atoms with Gasteiger partial charge in [-0.05, 0) is 36.6 Å². The van der Waals surface area contributed by atoms with E-state index < -0.39 is 0 Å². The highest BCUT2D eigenvalue weighted by molar-refractivity contribution is 6.30. The van der Waals surface area contributed by atoms with Crippen molar-refractivity contribution in [3.63, 3.8) is 0 Å². The summed E-state index contributed by atoms with van der Waals surface area (Å²) in [5.41, 5.74) is 6.45. The second kappa shape index (κ2) is 4.67. The third kappa shape index (κ3) is 2.61. The lowest BCUT2D eigenvalue weighted by Gasteiger charge is -2.22. The molecule has 0 bridgehead atoms. The number of benzene rings is 1. The van der Waals surface area contributed by atoms with Crippen molar-refractivity contribution >= 4 is 17.5 Å². The largest absolute Gasteiger partial charge is 0.338 e. The molecule has 4 heteroatoms. The number of carbonyl (C=O) groups is 1. The summed E-state index contributed by atoms with van der Waals surface area (Å²) in [6.07, 6.45) is 0.968. The molecule has 0 saturated carbocycles. The van der Waals surface area contributed by atoms with E-state index in [2.05, 4.69) is 6.92 Å². The van der Waals surface area contributed by atoms with E-state index in [0.717, 1.165) is 19.5 Å². The zero-order valence-corrected chi connectivity index (χ0v) is 10.7. The summed E-state index contributed by atoms with van der Waals surface area (Å²) in [5, 5.41) is 0.594. The van der Waals surface area contributed by atoms with E-state index in [4.69, 9.17) is 17.3 Å². The van der Waals surface area contributed by atoms with Gasteiger partial charge >= 0.3 is 0 Å². The Labute approximate surface area is 107 Å². The molecule has 1 fully saturated rings. The minimum atomic E-state index is 0.0460. The van der Waals surface area contributed by atoms with Gasteiger partial charge in [-0.25, -0.2) is 0 Å². The molecule has 1 aromatic carbocycles. The van der Waals surface area contributed by atoms with Crippen LogP contribution in [0.5, 0.6) is 0 Å². The van der Waals surface area contributed by atoms with Crippen LogP contribution in [0, 0.1) is 5.41 Å². The van der Waals surface area contributed by atoms with Crippen molar-refractivity contribution < 1.29 is 4.79 Å². The first-order valence-corrected chi connectivity index (χ1v) is 6.17. The molecular formula is C13H17ClN2O. The van der Waals surface area contributed by atoms with Crippen molar-refractivity contribution in [2.75, 3.05) is 19.6 Å². The lowest BCUT2D eigenvalue weighted by atomic mass is 9.90. The Hall–Kier alpha value is -1.06. The SMILES string of the molecule is CC1(CN)CCN(C(=O)c2cccc(Cl)c2)C1. The van der Waals surface area contributed by atoms with Gasteiger partial charge in [0.25, 0.3) is 5.91 Å². The summed E-state index contributed by atoms with van der Waals surface area (Å²) >= 11 is 5.89. The van der Waals surface area contributed by atoms with Gasteiger partial charge in [0.05, 0.1) is 0 Å². The van der Waals surface area contributed by atoms with Gasteiger partial charge in [0.2, 0.25) is 0 Å². The van der Waals surface area contributed by atoms with Gasteiger partial charge in [-0.1, -0.05) is 24.6 Å². The third-order valence-corrected chi connectivity index (χ3v) is 3.64. The first kappa shape index (κ1) is 12.4. The Morgan fingerprint density at radius 1 is 1.59 bits per heavy atom. The minimum Gasteiger partial charge on any atom is -0.338 e. The second-order valence-corrected chi connectivity index (χ2v) is 5.44. The predicted molar refractivity (Wildman–Crippen MR) is 69.1 cm³/mol. The van der Waals surface area contributed by atoms with Crippen molar-refractivity contribution in [3.05, 3.63) is 34.9 Å². The molecule has 2 N–H and O–H groups in total. The first-order valence-electron chi connectivity index (χ1n) is 5.79. The lowest BCUT2D eigenvalue weighted by molar-refractivity contribution is 0.0777. The van der Waals surface area contributed by atoms with Crippen molar-refractivity contribution in [2.24, 2.45) is 11.1 Å². The van der Waals surface area contributed by atoms with Crippen LogP contribution in [0.4, 0.5) is 0 Å². The number of amides is 1. The molecule has 0 spiro atoms. The van der Waals surface area contributed by atoms with Crippen LogP contribution in [0.1, 0.15) is 23.7 Å². The van der Waals surface area contributed by atoms with Crippen LogP contribution in [-0.4, -0.2) is 30.4 Å². The van der Waals surface area contributed by atoms with Crippen molar-refractivity contribution in [1.82, 2.24) is 4.90 Å². The van der Waals surface area contributed by atoms with Crippen LogP contribution in [0.25, 0.3) is 0 Å². The molecule has 17 heavy (non-hydrogen) atoms. The molecule has 92 valence electrons. The molecule has 0 aliphatic carbocycles. The van der Waals surface area contributed by atoms with Crippen LogP contribution >= 0.6 is 11.6 Å². The number of nitrogens with two attached hydrogens (primary N) is 1. The summed E-state index contributed by atoms with van der Waals surface area (Å²) < 4.78 is 0. The molecule has 1 aliphatic heterocycles. The fourth-order valence-corrected chi connectivity index (χ4v) is 2.36. The Morgan fingerprint density at radius 2 is 2.35 bits per heavy atom. The quantitative estimate of drug-likeness (QED) is 0.877. The molecule has 1 atom stereocenters. The number of halogens is 1. The topological polar surface area (TPSA) is 46.3 Å². The molecule has 1 aliphatic rings. The summed E-state index contributed by atoms with van der Waals surface area (Å²) in [6.45, 7) is 4.25. The predicted octanol–water partition coefficient (Wildman–Crippen LogP) is 2.15.